The second kappa shape index (κ2) is 5.13. The summed E-state index contributed by atoms with van der Waals surface area (Å²) in [5, 5.41) is 0. The molecule has 2 aliphatic rings. The zero-order chi connectivity index (χ0) is 13.2. The summed E-state index contributed by atoms with van der Waals surface area (Å²) in [6, 6.07) is 2.17. The van der Waals surface area contributed by atoms with Gasteiger partial charge in [-0.15, -0.1) is 0 Å². The summed E-state index contributed by atoms with van der Waals surface area (Å²) in [6.07, 6.45) is 5.96. The largest absolute Gasteiger partial charge is 0.341 e. The lowest BCUT2D eigenvalue weighted by atomic mass is 10.0. The standard InChI is InChI=1S/C13H19N5O/c14-10-8-12(19)18(9-10)11-2-6-17(7-3-11)13-15-4-1-5-16-13/h1,4-5,10-11H,2-3,6-9,14H2. The Morgan fingerprint density at radius 2 is 1.89 bits per heavy atom. The normalized spacial score (nSPS) is 25.1. The summed E-state index contributed by atoms with van der Waals surface area (Å²) >= 11 is 0. The van der Waals surface area contributed by atoms with Crippen molar-refractivity contribution in [1.29, 1.82) is 0 Å². The average Bonchev–Trinajstić information content (AvgIpc) is 2.79. The van der Waals surface area contributed by atoms with Crippen LogP contribution in [0.15, 0.2) is 18.5 Å². The third-order valence-electron chi connectivity index (χ3n) is 3.93. The van der Waals surface area contributed by atoms with Crippen molar-refractivity contribution in [2.75, 3.05) is 24.5 Å². The minimum Gasteiger partial charge on any atom is -0.341 e. The molecule has 0 aliphatic carbocycles. The number of likely N-dealkylation sites (tertiary alicyclic amines) is 1. The molecular weight excluding hydrogens is 242 g/mol. The maximum atomic E-state index is 11.8. The molecule has 1 atom stereocenters. The third kappa shape index (κ3) is 2.53. The van der Waals surface area contributed by atoms with Crippen LogP contribution in [0, 0.1) is 0 Å². The number of rotatable bonds is 2. The Morgan fingerprint density at radius 3 is 2.47 bits per heavy atom. The number of carbonyl (C=O) groups is 1. The van der Waals surface area contributed by atoms with Gasteiger partial charge in [-0.05, 0) is 18.9 Å². The van der Waals surface area contributed by atoms with Crippen molar-refractivity contribution < 1.29 is 4.79 Å². The van der Waals surface area contributed by atoms with Crippen LogP contribution in [0.3, 0.4) is 0 Å². The number of carbonyl (C=O) groups excluding carboxylic acids is 1. The first-order chi connectivity index (χ1) is 9.24. The predicted octanol–water partition coefficient (Wildman–Crippen LogP) is 0.00500. The Balaban J connectivity index is 1.59. The van der Waals surface area contributed by atoms with Gasteiger partial charge in [0.1, 0.15) is 0 Å². The Morgan fingerprint density at radius 1 is 1.21 bits per heavy atom. The average molecular weight is 261 g/mol. The Labute approximate surface area is 112 Å². The second-order valence-corrected chi connectivity index (χ2v) is 5.28. The van der Waals surface area contributed by atoms with Gasteiger partial charge in [0.05, 0.1) is 0 Å². The highest BCUT2D eigenvalue weighted by molar-refractivity contribution is 5.79. The van der Waals surface area contributed by atoms with Crippen LogP contribution in [0.25, 0.3) is 0 Å². The van der Waals surface area contributed by atoms with Crippen LogP contribution in [0.2, 0.25) is 0 Å². The molecule has 2 aliphatic heterocycles. The molecule has 1 unspecified atom stereocenters. The third-order valence-corrected chi connectivity index (χ3v) is 3.93. The summed E-state index contributed by atoms with van der Waals surface area (Å²) in [4.78, 5) is 24.5. The van der Waals surface area contributed by atoms with Crippen molar-refractivity contribution in [2.24, 2.45) is 5.73 Å². The van der Waals surface area contributed by atoms with E-state index in [0.29, 0.717) is 19.0 Å². The SMILES string of the molecule is NC1CC(=O)N(C2CCN(c3ncccn3)CC2)C1. The molecule has 0 saturated carbocycles. The minimum absolute atomic E-state index is 0.0167. The molecular formula is C13H19N5O. The second-order valence-electron chi connectivity index (χ2n) is 5.28. The number of hydrogen-bond acceptors (Lipinski definition) is 5. The van der Waals surface area contributed by atoms with Crippen molar-refractivity contribution in [3.63, 3.8) is 0 Å². The summed E-state index contributed by atoms with van der Waals surface area (Å²) in [6.45, 7) is 2.51. The van der Waals surface area contributed by atoms with E-state index in [1.807, 2.05) is 11.0 Å². The highest BCUT2D eigenvalue weighted by Gasteiger charge is 2.34. The van der Waals surface area contributed by atoms with Crippen LogP contribution in [-0.4, -0.2) is 52.5 Å². The molecule has 6 heteroatoms. The fourth-order valence-electron chi connectivity index (χ4n) is 2.95. The first-order valence-electron chi connectivity index (χ1n) is 6.81. The molecule has 3 heterocycles. The van der Waals surface area contributed by atoms with Gasteiger partial charge in [0.15, 0.2) is 0 Å². The lowest BCUT2D eigenvalue weighted by molar-refractivity contribution is -0.130. The molecule has 6 nitrogen and oxygen atoms in total. The number of nitrogens with zero attached hydrogens (tertiary/aromatic N) is 4. The molecule has 3 rings (SSSR count). The quantitative estimate of drug-likeness (QED) is 0.811. The molecule has 1 amide bonds. The van der Waals surface area contributed by atoms with Crippen molar-refractivity contribution in [3.8, 4) is 0 Å². The van der Waals surface area contributed by atoms with Gasteiger partial charge < -0.3 is 15.5 Å². The van der Waals surface area contributed by atoms with Crippen molar-refractivity contribution in [1.82, 2.24) is 14.9 Å². The molecule has 1 aromatic rings. The molecule has 0 radical (unpaired) electrons. The van der Waals surface area contributed by atoms with Gasteiger partial charge in [-0.25, -0.2) is 9.97 Å². The van der Waals surface area contributed by atoms with E-state index in [1.54, 1.807) is 12.4 Å². The molecule has 0 bridgehead atoms. The summed E-state index contributed by atoms with van der Waals surface area (Å²) < 4.78 is 0. The van der Waals surface area contributed by atoms with E-state index < -0.39 is 0 Å². The van der Waals surface area contributed by atoms with Gasteiger partial charge in [-0.3, -0.25) is 4.79 Å². The molecule has 2 saturated heterocycles. The van der Waals surface area contributed by atoms with Crippen LogP contribution >= 0.6 is 0 Å². The highest BCUT2D eigenvalue weighted by Crippen LogP contribution is 2.23. The maximum Gasteiger partial charge on any atom is 0.225 e. The maximum absolute atomic E-state index is 11.8. The van der Waals surface area contributed by atoms with E-state index in [0.717, 1.165) is 31.9 Å². The lowest BCUT2D eigenvalue weighted by Gasteiger charge is -2.36. The molecule has 19 heavy (non-hydrogen) atoms. The van der Waals surface area contributed by atoms with Crippen molar-refractivity contribution >= 4 is 11.9 Å². The van der Waals surface area contributed by atoms with Crippen LogP contribution in [0.5, 0.6) is 0 Å². The zero-order valence-corrected chi connectivity index (χ0v) is 10.9. The fourth-order valence-corrected chi connectivity index (χ4v) is 2.95. The van der Waals surface area contributed by atoms with E-state index in [1.165, 1.54) is 0 Å². The van der Waals surface area contributed by atoms with E-state index in [2.05, 4.69) is 14.9 Å². The lowest BCUT2D eigenvalue weighted by Crippen LogP contribution is -2.46. The van der Waals surface area contributed by atoms with Crippen LogP contribution in [-0.2, 0) is 4.79 Å². The minimum atomic E-state index is 0.0167. The van der Waals surface area contributed by atoms with Gasteiger partial charge in [0, 0.05) is 50.5 Å². The van der Waals surface area contributed by atoms with Gasteiger partial charge in [0.25, 0.3) is 0 Å². The number of hydrogen-bond donors (Lipinski definition) is 1. The summed E-state index contributed by atoms with van der Waals surface area (Å²) in [5.74, 6) is 0.993. The topological polar surface area (TPSA) is 75.4 Å². The number of amides is 1. The van der Waals surface area contributed by atoms with Gasteiger partial charge >= 0.3 is 0 Å². The fraction of sp³-hybridized carbons (Fsp3) is 0.615. The predicted molar refractivity (Wildman–Crippen MR) is 71.6 cm³/mol. The molecule has 1 aromatic heterocycles. The van der Waals surface area contributed by atoms with Crippen LogP contribution in [0.4, 0.5) is 5.95 Å². The van der Waals surface area contributed by atoms with E-state index in [-0.39, 0.29) is 11.9 Å². The van der Waals surface area contributed by atoms with Gasteiger partial charge in [-0.2, -0.15) is 0 Å². The van der Waals surface area contributed by atoms with Crippen LogP contribution in [0.1, 0.15) is 19.3 Å². The highest BCUT2D eigenvalue weighted by atomic mass is 16.2. The summed E-state index contributed by atoms with van der Waals surface area (Å²) in [7, 11) is 0. The Hall–Kier alpha value is -1.69. The van der Waals surface area contributed by atoms with Crippen molar-refractivity contribution in [3.05, 3.63) is 18.5 Å². The van der Waals surface area contributed by atoms with Gasteiger partial charge in [-0.1, -0.05) is 0 Å². The van der Waals surface area contributed by atoms with Gasteiger partial charge in [0.2, 0.25) is 11.9 Å². The first-order valence-corrected chi connectivity index (χ1v) is 6.81. The molecule has 0 aromatic carbocycles. The molecule has 2 N–H and O–H groups in total. The smallest absolute Gasteiger partial charge is 0.225 e. The number of anilines is 1. The van der Waals surface area contributed by atoms with E-state index >= 15 is 0 Å². The summed E-state index contributed by atoms with van der Waals surface area (Å²) in [5.41, 5.74) is 5.85. The van der Waals surface area contributed by atoms with E-state index in [9.17, 15) is 4.79 Å². The number of nitrogens with two attached hydrogens (primary N) is 1. The zero-order valence-electron chi connectivity index (χ0n) is 10.9. The molecule has 102 valence electrons. The number of piperidine rings is 1. The Bertz CT molecular complexity index is 444. The van der Waals surface area contributed by atoms with E-state index in [4.69, 9.17) is 5.73 Å². The monoisotopic (exact) mass is 261 g/mol. The Kier molecular flexibility index (Phi) is 3.33. The number of aromatic nitrogens is 2. The molecule has 0 spiro atoms. The van der Waals surface area contributed by atoms with Crippen molar-refractivity contribution in [2.45, 2.75) is 31.3 Å². The molecule has 2 fully saturated rings. The van der Waals surface area contributed by atoms with Crippen LogP contribution < -0.4 is 10.6 Å². The first kappa shape index (κ1) is 12.3.